The van der Waals surface area contributed by atoms with Gasteiger partial charge in [-0.25, -0.2) is 4.68 Å². The lowest BCUT2D eigenvalue weighted by Gasteiger charge is -2.32. The molecule has 4 rings (SSSR count). The van der Waals surface area contributed by atoms with Crippen LogP contribution in [0.1, 0.15) is 36.1 Å². The van der Waals surface area contributed by atoms with E-state index >= 15 is 0 Å². The molecule has 0 bridgehead atoms. The van der Waals surface area contributed by atoms with Crippen LogP contribution in [-0.4, -0.2) is 60.7 Å². The van der Waals surface area contributed by atoms with Crippen molar-refractivity contribution in [3.63, 3.8) is 0 Å². The van der Waals surface area contributed by atoms with E-state index in [0.717, 1.165) is 44.3 Å². The molecule has 2 fully saturated rings. The van der Waals surface area contributed by atoms with Crippen LogP contribution in [0.15, 0.2) is 6.07 Å². The van der Waals surface area contributed by atoms with Crippen molar-refractivity contribution in [1.29, 1.82) is 0 Å². The number of nitrogens with zero attached hydrogens (tertiary/aromatic N) is 7. The molecule has 2 aromatic rings. The van der Waals surface area contributed by atoms with Gasteiger partial charge in [0.05, 0.1) is 37.5 Å². The fourth-order valence-electron chi connectivity index (χ4n) is 3.21. The summed E-state index contributed by atoms with van der Waals surface area (Å²) in [6.07, 6.45) is 2.55. The Bertz CT molecular complexity index is 675. The van der Waals surface area contributed by atoms with Crippen LogP contribution in [0.2, 0.25) is 0 Å². The molecule has 2 aliphatic rings. The summed E-state index contributed by atoms with van der Waals surface area (Å²) in [5.74, 6) is 0.972. The minimum absolute atomic E-state index is 0.159. The predicted octanol–water partition coefficient (Wildman–Crippen LogP) is 0.722. The summed E-state index contributed by atoms with van der Waals surface area (Å²) >= 11 is 0. The Morgan fingerprint density at radius 3 is 2.91 bits per heavy atom. The molecule has 8 heteroatoms. The molecule has 1 aliphatic heterocycles. The maximum absolute atomic E-state index is 5.92. The topological polar surface area (TPSA) is 73.9 Å². The van der Waals surface area contributed by atoms with Gasteiger partial charge in [0.2, 0.25) is 0 Å². The highest BCUT2D eigenvalue weighted by Crippen LogP contribution is 2.34. The maximum Gasteiger partial charge on any atom is 0.165 e. The van der Waals surface area contributed by atoms with E-state index in [2.05, 4.69) is 38.5 Å². The SMILES string of the molecule is Cc1cc(C)n(C[C@H]2CN(Cc3nnnn3C3CC3)CCO2)n1. The number of tetrazole rings is 1. The second kappa shape index (κ2) is 6.01. The maximum atomic E-state index is 5.92. The van der Waals surface area contributed by atoms with Crippen molar-refractivity contribution in [2.24, 2.45) is 0 Å². The summed E-state index contributed by atoms with van der Waals surface area (Å²) in [6.45, 7) is 8.25. The Kier molecular flexibility index (Phi) is 3.86. The van der Waals surface area contributed by atoms with Gasteiger partial charge in [-0.2, -0.15) is 5.10 Å². The third kappa shape index (κ3) is 3.28. The van der Waals surface area contributed by atoms with Crippen LogP contribution in [0.5, 0.6) is 0 Å². The van der Waals surface area contributed by atoms with Crippen LogP contribution in [0, 0.1) is 13.8 Å². The highest BCUT2D eigenvalue weighted by atomic mass is 16.5. The van der Waals surface area contributed by atoms with Crippen LogP contribution in [0.3, 0.4) is 0 Å². The molecule has 1 saturated carbocycles. The average Bonchev–Trinajstić information content (AvgIpc) is 3.18. The lowest BCUT2D eigenvalue weighted by Crippen LogP contribution is -2.44. The Morgan fingerprint density at radius 1 is 1.30 bits per heavy atom. The van der Waals surface area contributed by atoms with Crippen molar-refractivity contribution < 1.29 is 4.74 Å². The third-order valence-corrected chi connectivity index (χ3v) is 4.52. The first-order valence-electron chi connectivity index (χ1n) is 8.31. The summed E-state index contributed by atoms with van der Waals surface area (Å²) < 4.78 is 9.96. The summed E-state index contributed by atoms with van der Waals surface area (Å²) in [7, 11) is 0. The smallest absolute Gasteiger partial charge is 0.165 e. The molecule has 2 aromatic heterocycles. The lowest BCUT2D eigenvalue weighted by atomic mass is 10.2. The minimum atomic E-state index is 0.159. The highest BCUT2D eigenvalue weighted by Gasteiger charge is 2.29. The zero-order valence-electron chi connectivity index (χ0n) is 13.7. The van der Waals surface area contributed by atoms with E-state index in [1.54, 1.807) is 0 Å². The van der Waals surface area contributed by atoms with Crippen LogP contribution in [0.4, 0.5) is 0 Å². The molecule has 0 unspecified atom stereocenters. The van der Waals surface area contributed by atoms with Crippen molar-refractivity contribution in [2.75, 3.05) is 19.7 Å². The first-order valence-corrected chi connectivity index (χ1v) is 8.31. The molecule has 0 amide bonds. The molecule has 1 saturated heterocycles. The van der Waals surface area contributed by atoms with Gasteiger partial charge in [0.25, 0.3) is 0 Å². The molecular formula is C15H23N7O. The van der Waals surface area contributed by atoms with E-state index in [9.17, 15) is 0 Å². The van der Waals surface area contributed by atoms with Crippen LogP contribution < -0.4 is 0 Å². The molecule has 0 N–H and O–H groups in total. The molecule has 0 spiro atoms. The van der Waals surface area contributed by atoms with Gasteiger partial charge in [-0.3, -0.25) is 9.58 Å². The number of aryl methyl sites for hydroxylation is 2. The van der Waals surface area contributed by atoms with E-state index in [0.29, 0.717) is 6.04 Å². The minimum Gasteiger partial charge on any atom is -0.374 e. The Balaban J connectivity index is 1.38. The van der Waals surface area contributed by atoms with Crippen molar-refractivity contribution in [2.45, 2.75) is 51.9 Å². The number of ether oxygens (including phenoxy) is 1. The lowest BCUT2D eigenvalue weighted by molar-refractivity contribution is -0.0415. The van der Waals surface area contributed by atoms with Crippen molar-refractivity contribution in [3.8, 4) is 0 Å². The monoisotopic (exact) mass is 317 g/mol. The first kappa shape index (κ1) is 14.8. The van der Waals surface area contributed by atoms with E-state index in [4.69, 9.17) is 4.74 Å². The second-order valence-corrected chi connectivity index (χ2v) is 6.61. The molecule has 1 aliphatic carbocycles. The molecule has 3 heterocycles. The van der Waals surface area contributed by atoms with Crippen LogP contribution in [0.25, 0.3) is 0 Å². The fraction of sp³-hybridized carbons (Fsp3) is 0.733. The van der Waals surface area contributed by atoms with Gasteiger partial charge in [-0.1, -0.05) is 0 Å². The van der Waals surface area contributed by atoms with Crippen molar-refractivity contribution >= 4 is 0 Å². The number of morpholine rings is 1. The van der Waals surface area contributed by atoms with Crippen molar-refractivity contribution in [1.82, 2.24) is 34.9 Å². The zero-order valence-corrected chi connectivity index (χ0v) is 13.7. The molecule has 8 nitrogen and oxygen atoms in total. The van der Waals surface area contributed by atoms with Gasteiger partial charge in [-0.15, -0.1) is 5.10 Å². The first-order chi connectivity index (χ1) is 11.2. The van der Waals surface area contributed by atoms with Crippen molar-refractivity contribution in [3.05, 3.63) is 23.3 Å². The van der Waals surface area contributed by atoms with Gasteiger partial charge in [-0.05, 0) is 43.2 Å². The fourth-order valence-corrected chi connectivity index (χ4v) is 3.21. The second-order valence-electron chi connectivity index (χ2n) is 6.61. The summed E-state index contributed by atoms with van der Waals surface area (Å²) in [6, 6.07) is 2.62. The predicted molar refractivity (Wildman–Crippen MR) is 82.8 cm³/mol. The summed E-state index contributed by atoms with van der Waals surface area (Å²) in [5.41, 5.74) is 2.24. The number of hydrogen-bond acceptors (Lipinski definition) is 6. The van der Waals surface area contributed by atoms with Gasteiger partial charge in [0.1, 0.15) is 0 Å². The van der Waals surface area contributed by atoms with Gasteiger partial charge >= 0.3 is 0 Å². The quantitative estimate of drug-likeness (QED) is 0.809. The standard InChI is InChI=1S/C15H23N7O/c1-11-7-12(2)21(17-11)9-14-8-20(5-6-23-14)10-15-16-18-19-22(15)13-3-4-13/h7,13-14H,3-6,8-10H2,1-2H3/t14-/m1/s1. The molecular weight excluding hydrogens is 294 g/mol. The van der Waals surface area contributed by atoms with E-state index in [-0.39, 0.29) is 6.10 Å². The number of hydrogen-bond donors (Lipinski definition) is 0. The molecule has 0 aromatic carbocycles. The Hall–Kier alpha value is -1.80. The molecule has 23 heavy (non-hydrogen) atoms. The third-order valence-electron chi connectivity index (χ3n) is 4.52. The summed E-state index contributed by atoms with van der Waals surface area (Å²) in [5, 5.41) is 16.7. The van der Waals surface area contributed by atoms with E-state index in [1.807, 2.05) is 16.3 Å². The molecule has 124 valence electrons. The molecule has 1 atom stereocenters. The largest absolute Gasteiger partial charge is 0.374 e. The summed E-state index contributed by atoms with van der Waals surface area (Å²) in [4.78, 5) is 2.38. The van der Waals surface area contributed by atoms with Gasteiger partial charge in [0, 0.05) is 18.8 Å². The normalized spacial score (nSPS) is 22.6. The number of aromatic nitrogens is 6. The zero-order chi connectivity index (χ0) is 15.8. The average molecular weight is 317 g/mol. The van der Waals surface area contributed by atoms with Crippen LogP contribution >= 0.6 is 0 Å². The number of rotatable bonds is 5. The van der Waals surface area contributed by atoms with Gasteiger partial charge < -0.3 is 4.74 Å². The van der Waals surface area contributed by atoms with E-state index in [1.165, 1.54) is 18.5 Å². The van der Waals surface area contributed by atoms with E-state index < -0.39 is 0 Å². The molecule has 0 radical (unpaired) electrons. The Labute approximate surface area is 135 Å². The van der Waals surface area contributed by atoms with Crippen LogP contribution in [-0.2, 0) is 17.8 Å². The Morgan fingerprint density at radius 2 is 2.17 bits per heavy atom. The van der Waals surface area contributed by atoms with Gasteiger partial charge in [0.15, 0.2) is 5.82 Å². The highest BCUT2D eigenvalue weighted by molar-refractivity contribution is 5.06.